The van der Waals surface area contributed by atoms with E-state index < -0.39 is 0 Å². The third-order valence-corrected chi connectivity index (χ3v) is 13.0. The van der Waals surface area contributed by atoms with E-state index in [9.17, 15) is 0 Å². The lowest BCUT2D eigenvalue weighted by Gasteiger charge is -2.26. The molecule has 0 atom stereocenters. The second kappa shape index (κ2) is 16.8. The summed E-state index contributed by atoms with van der Waals surface area (Å²) in [6.07, 6.45) is 0. The summed E-state index contributed by atoms with van der Waals surface area (Å²) < 4.78 is 2.44. The molecule has 0 unspecified atom stereocenters. The van der Waals surface area contributed by atoms with Gasteiger partial charge in [0.1, 0.15) is 0 Å². The minimum Gasteiger partial charge on any atom is -0.311 e. The van der Waals surface area contributed by atoms with E-state index in [2.05, 4.69) is 276 Å². The fraction of sp³-hybridized carbons (Fsp3) is 0. The third-order valence-electron chi connectivity index (χ3n) is 13.0. The number of hydrogen-bond acceptors (Lipinski definition) is 1. The molecule has 2 nitrogen and oxygen atoms in total. The average molecular weight is 841 g/mol. The predicted molar refractivity (Wildman–Crippen MR) is 280 cm³/mol. The number of hydrogen-bond donors (Lipinski definition) is 0. The molecule has 0 aliphatic carbocycles. The Hall–Kier alpha value is -8.72. The van der Waals surface area contributed by atoms with Crippen molar-refractivity contribution in [2.45, 2.75) is 0 Å². The molecule has 0 aliphatic heterocycles. The van der Waals surface area contributed by atoms with E-state index in [1.54, 1.807) is 0 Å². The topological polar surface area (TPSA) is 8.17 Å². The number of para-hydroxylation sites is 2. The summed E-state index contributed by atoms with van der Waals surface area (Å²) >= 11 is 0. The molecule has 0 spiro atoms. The van der Waals surface area contributed by atoms with Crippen LogP contribution in [0, 0.1) is 0 Å². The number of aromatic nitrogens is 1. The molecule has 12 aromatic rings. The lowest BCUT2D eigenvalue weighted by Crippen LogP contribution is -2.09. The number of benzene rings is 11. The highest BCUT2D eigenvalue weighted by atomic mass is 15.1. The van der Waals surface area contributed by atoms with Crippen LogP contribution >= 0.6 is 0 Å². The molecule has 0 saturated carbocycles. The summed E-state index contributed by atoms with van der Waals surface area (Å²) in [7, 11) is 0. The number of nitrogens with zero attached hydrogens (tertiary/aromatic N) is 2. The Bertz CT molecular complexity index is 3660. The van der Waals surface area contributed by atoms with Crippen LogP contribution in [0.5, 0.6) is 0 Å². The minimum atomic E-state index is 1.09. The van der Waals surface area contributed by atoms with E-state index in [0.29, 0.717) is 0 Å². The van der Waals surface area contributed by atoms with Crippen molar-refractivity contribution in [1.29, 1.82) is 0 Å². The number of rotatable bonds is 9. The van der Waals surface area contributed by atoms with Crippen molar-refractivity contribution in [2.24, 2.45) is 0 Å². The Morgan fingerprint density at radius 3 is 1.36 bits per heavy atom. The molecule has 0 radical (unpaired) electrons. The minimum absolute atomic E-state index is 1.09. The Labute approximate surface area is 385 Å². The van der Waals surface area contributed by atoms with Gasteiger partial charge in [-0.05, 0) is 128 Å². The maximum atomic E-state index is 2.44. The van der Waals surface area contributed by atoms with Crippen LogP contribution < -0.4 is 4.90 Å². The molecule has 0 amide bonds. The van der Waals surface area contributed by atoms with Crippen LogP contribution in [0.4, 0.5) is 17.1 Å². The maximum Gasteiger partial charge on any atom is 0.0541 e. The maximum absolute atomic E-state index is 2.44. The van der Waals surface area contributed by atoms with Crippen molar-refractivity contribution in [3.8, 4) is 61.3 Å². The molecule has 11 aromatic carbocycles. The van der Waals surface area contributed by atoms with Crippen LogP contribution in [0.1, 0.15) is 0 Å². The standard InChI is InChI=1S/C64H44N2/c1-3-15-45(16-4-1)47-29-36-54(37-30-47)65(55-38-31-49(32-39-55)58-26-14-20-48-19-7-8-23-57(48)58)56-40-33-50(34-41-56)59-24-9-11-27-62(59)66-63-28-12-10-25-60(63)61-44-53(35-42-64(61)66)52-22-13-21-51(43-52)46-17-5-2-6-18-46/h1-44H. The first-order chi connectivity index (χ1) is 32.7. The van der Waals surface area contributed by atoms with Crippen LogP contribution in [0.2, 0.25) is 0 Å². The van der Waals surface area contributed by atoms with E-state index in [-0.39, 0.29) is 0 Å². The van der Waals surface area contributed by atoms with E-state index in [1.165, 1.54) is 82.6 Å². The van der Waals surface area contributed by atoms with Gasteiger partial charge in [0.05, 0.1) is 16.7 Å². The van der Waals surface area contributed by atoms with E-state index in [0.717, 1.165) is 28.3 Å². The summed E-state index contributed by atoms with van der Waals surface area (Å²) in [4.78, 5) is 2.36. The quantitative estimate of drug-likeness (QED) is 0.141. The van der Waals surface area contributed by atoms with Crippen molar-refractivity contribution in [2.75, 3.05) is 4.90 Å². The highest BCUT2D eigenvalue weighted by Crippen LogP contribution is 2.41. The van der Waals surface area contributed by atoms with Gasteiger partial charge in [-0.25, -0.2) is 0 Å². The normalized spacial score (nSPS) is 11.3. The van der Waals surface area contributed by atoms with Crippen LogP contribution in [0.3, 0.4) is 0 Å². The Morgan fingerprint density at radius 1 is 0.242 bits per heavy atom. The molecular formula is C64H44N2. The molecule has 1 heterocycles. The monoisotopic (exact) mass is 840 g/mol. The predicted octanol–water partition coefficient (Wildman–Crippen LogP) is 17.7. The van der Waals surface area contributed by atoms with Gasteiger partial charge in [-0.15, -0.1) is 0 Å². The molecule has 0 fully saturated rings. The van der Waals surface area contributed by atoms with Gasteiger partial charge in [-0.2, -0.15) is 0 Å². The molecule has 2 heteroatoms. The Kier molecular flexibility index (Phi) is 9.89. The number of anilines is 3. The van der Waals surface area contributed by atoms with Gasteiger partial charge in [-0.3, -0.25) is 0 Å². The van der Waals surface area contributed by atoms with Crippen molar-refractivity contribution < 1.29 is 0 Å². The summed E-state index contributed by atoms with van der Waals surface area (Å²) in [6.45, 7) is 0. The van der Waals surface area contributed by atoms with Crippen molar-refractivity contribution >= 4 is 49.6 Å². The Morgan fingerprint density at radius 2 is 0.667 bits per heavy atom. The van der Waals surface area contributed by atoms with Gasteiger partial charge in [0.15, 0.2) is 0 Å². The van der Waals surface area contributed by atoms with Crippen LogP contribution in [-0.2, 0) is 0 Å². The lowest BCUT2D eigenvalue weighted by molar-refractivity contribution is 1.18. The molecule has 0 saturated heterocycles. The Balaban J connectivity index is 0.928. The molecule has 0 N–H and O–H groups in total. The number of fused-ring (bicyclic) bond motifs is 4. The second-order valence-corrected chi connectivity index (χ2v) is 16.9. The first kappa shape index (κ1) is 38.9. The molecule has 310 valence electrons. The lowest BCUT2D eigenvalue weighted by atomic mass is 9.98. The smallest absolute Gasteiger partial charge is 0.0541 e. The van der Waals surface area contributed by atoms with Crippen molar-refractivity contribution in [1.82, 2.24) is 4.57 Å². The fourth-order valence-electron chi connectivity index (χ4n) is 9.77. The molecule has 0 aliphatic rings. The molecular weight excluding hydrogens is 797 g/mol. The van der Waals surface area contributed by atoms with Gasteiger partial charge < -0.3 is 9.47 Å². The first-order valence-electron chi connectivity index (χ1n) is 22.7. The fourth-order valence-corrected chi connectivity index (χ4v) is 9.77. The zero-order valence-electron chi connectivity index (χ0n) is 36.3. The largest absolute Gasteiger partial charge is 0.311 e. The van der Waals surface area contributed by atoms with Crippen molar-refractivity contribution in [3.63, 3.8) is 0 Å². The van der Waals surface area contributed by atoms with E-state index in [4.69, 9.17) is 0 Å². The molecule has 1 aromatic heterocycles. The molecule has 12 rings (SSSR count). The summed E-state index contributed by atoms with van der Waals surface area (Å²) in [5.74, 6) is 0. The zero-order chi connectivity index (χ0) is 43.8. The van der Waals surface area contributed by atoms with Crippen LogP contribution in [-0.4, -0.2) is 4.57 Å². The first-order valence-corrected chi connectivity index (χ1v) is 22.7. The summed E-state index contributed by atoms with van der Waals surface area (Å²) in [6, 6.07) is 96.8. The van der Waals surface area contributed by atoms with E-state index >= 15 is 0 Å². The van der Waals surface area contributed by atoms with Crippen molar-refractivity contribution in [3.05, 3.63) is 267 Å². The second-order valence-electron chi connectivity index (χ2n) is 16.9. The highest BCUT2D eigenvalue weighted by Gasteiger charge is 2.18. The van der Waals surface area contributed by atoms with Gasteiger partial charge in [0.2, 0.25) is 0 Å². The molecule has 0 bridgehead atoms. The van der Waals surface area contributed by atoms with Gasteiger partial charge in [0.25, 0.3) is 0 Å². The van der Waals surface area contributed by atoms with Crippen LogP contribution in [0.25, 0.3) is 93.9 Å². The SMILES string of the molecule is c1ccc(-c2ccc(N(c3ccc(-c4ccccc4-n4c5ccccc5c5cc(-c6cccc(-c7ccccc7)c6)ccc54)cc3)c3ccc(-c4cccc5ccccc45)cc3)cc2)cc1. The zero-order valence-corrected chi connectivity index (χ0v) is 36.3. The third kappa shape index (κ3) is 7.12. The van der Waals surface area contributed by atoms with Crippen LogP contribution in [0.15, 0.2) is 267 Å². The highest BCUT2D eigenvalue weighted by molar-refractivity contribution is 6.11. The average Bonchev–Trinajstić information content (AvgIpc) is 3.73. The summed E-state index contributed by atoms with van der Waals surface area (Å²) in [5, 5.41) is 4.97. The van der Waals surface area contributed by atoms with Gasteiger partial charge in [-0.1, -0.05) is 200 Å². The van der Waals surface area contributed by atoms with Gasteiger partial charge >= 0.3 is 0 Å². The van der Waals surface area contributed by atoms with Gasteiger partial charge in [0, 0.05) is 33.4 Å². The summed E-state index contributed by atoms with van der Waals surface area (Å²) in [5.41, 5.74) is 18.8. The molecule has 66 heavy (non-hydrogen) atoms. The van der Waals surface area contributed by atoms with E-state index in [1.807, 2.05) is 0 Å².